The first-order valence-corrected chi connectivity index (χ1v) is 14.2. The molecule has 5 fully saturated rings. The molecule has 0 aromatic heterocycles. The Hall–Kier alpha value is -0.420. The van der Waals surface area contributed by atoms with Crippen LogP contribution in [0.5, 0.6) is 0 Å². The maximum absolute atomic E-state index is 11.0. The van der Waals surface area contributed by atoms with Crippen LogP contribution in [0.2, 0.25) is 0 Å². The van der Waals surface area contributed by atoms with Crippen LogP contribution in [0.4, 0.5) is 0 Å². The average Bonchev–Trinajstić information content (AvgIpc) is 3.08. The van der Waals surface area contributed by atoms with Gasteiger partial charge in [0, 0.05) is 5.92 Å². The van der Waals surface area contributed by atoms with E-state index in [4.69, 9.17) is 9.47 Å². The molecule has 0 spiro atoms. The molecule has 2 N–H and O–H groups in total. The summed E-state index contributed by atoms with van der Waals surface area (Å²) in [4.78, 5) is 0. The smallest absolute Gasteiger partial charge is 0.158 e. The monoisotopic (exact) mass is 472 g/mol. The van der Waals surface area contributed by atoms with Crippen LogP contribution in [0, 0.1) is 45.3 Å². The first-order chi connectivity index (χ1) is 15.8. The van der Waals surface area contributed by atoms with Gasteiger partial charge in [-0.05, 0) is 105 Å². The number of rotatable bonds is 2. The maximum Gasteiger partial charge on any atom is 0.158 e. The van der Waals surface area contributed by atoms with Crippen LogP contribution in [0.25, 0.3) is 0 Å². The third-order valence-corrected chi connectivity index (χ3v) is 13.0. The van der Waals surface area contributed by atoms with E-state index in [1.807, 2.05) is 0 Å². The van der Waals surface area contributed by atoms with Crippen molar-refractivity contribution in [3.05, 3.63) is 11.6 Å². The second-order valence-electron chi connectivity index (χ2n) is 14.9. The molecule has 0 radical (unpaired) electrons. The van der Waals surface area contributed by atoms with Crippen molar-refractivity contribution in [2.75, 3.05) is 0 Å². The molecule has 4 nitrogen and oxygen atoms in total. The molecule has 4 aliphatic carbocycles. The fourth-order valence-corrected chi connectivity index (χ4v) is 10.5. The van der Waals surface area contributed by atoms with Crippen molar-refractivity contribution in [1.29, 1.82) is 0 Å². The number of aliphatic hydroxyl groups is 2. The average molecular weight is 473 g/mol. The first kappa shape index (κ1) is 23.9. The zero-order valence-corrected chi connectivity index (χ0v) is 22.6. The van der Waals surface area contributed by atoms with E-state index in [0.717, 1.165) is 25.7 Å². The number of aliphatic hydroxyl groups excluding tert-OH is 2. The van der Waals surface area contributed by atoms with Crippen molar-refractivity contribution < 1.29 is 19.7 Å². The highest BCUT2D eigenvalue weighted by atomic mass is 16.7. The minimum Gasteiger partial charge on any atom is -0.393 e. The lowest BCUT2D eigenvalue weighted by molar-refractivity contribution is -0.143. The van der Waals surface area contributed by atoms with Crippen LogP contribution in [0.1, 0.15) is 99.8 Å². The van der Waals surface area contributed by atoms with Gasteiger partial charge in [-0.1, -0.05) is 46.3 Å². The molecule has 3 saturated carbocycles. The Morgan fingerprint density at radius 1 is 0.912 bits per heavy atom. The lowest BCUT2D eigenvalue weighted by Gasteiger charge is -2.64. The fraction of sp³-hybridized carbons (Fsp3) is 0.933. The van der Waals surface area contributed by atoms with E-state index < -0.39 is 6.29 Å². The second kappa shape index (κ2) is 7.11. The molecular formula is C30H48O4. The van der Waals surface area contributed by atoms with Gasteiger partial charge in [0.1, 0.15) is 6.10 Å². The van der Waals surface area contributed by atoms with Crippen LogP contribution < -0.4 is 0 Å². The van der Waals surface area contributed by atoms with Gasteiger partial charge < -0.3 is 19.7 Å². The van der Waals surface area contributed by atoms with Gasteiger partial charge in [-0.15, -0.1) is 0 Å². The molecule has 6 aliphatic rings. The Balaban J connectivity index is 1.29. The van der Waals surface area contributed by atoms with Crippen LogP contribution in [-0.2, 0) is 9.47 Å². The van der Waals surface area contributed by atoms with Crippen LogP contribution >= 0.6 is 0 Å². The highest BCUT2D eigenvalue weighted by molar-refractivity contribution is 5.33. The molecule has 0 amide bonds. The highest BCUT2D eigenvalue weighted by Gasteiger charge is 2.67. The molecule has 34 heavy (non-hydrogen) atoms. The number of ether oxygens (including phenoxy) is 2. The molecule has 1 unspecified atom stereocenters. The normalized spacial score (nSPS) is 57.4. The zero-order chi connectivity index (χ0) is 24.5. The third kappa shape index (κ3) is 2.92. The summed E-state index contributed by atoms with van der Waals surface area (Å²) in [6.45, 7) is 16.5. The molecule has 0 aromatic rings. The molecule has 2 saturated heterocycles. The minimum absolute atomic E-state index is 0.0200. The first-order valence-electron chi connectivity index (χ1n) is 14.2. The molecule has 2 aliphatic heterocycles. The van der Waals surface area contributed by atoms with E-state index in [-0.39, 0.29) is 51.5 Å². The quantitative estimate of drug-likeness (QED) is 0.391. The van der Waals surface area contributed by atoms with E-state index in [1.165, 1.54) is 25.7 Å². The summed E-state index contributed by atoms with van der Waals surface area (Å²) in [5.74, 6) is 1.89. The Bertz CT molecular complexity index is 892. The molecule has 2 heterocycles. The van der Waals surface area contributed by atoms with Gasteiger partial charge in [0.05, 0.1) is 17.8 Å². The summed E-state index contributed by atoms with van der Waals surface area (Å²) in [5, 5.41) is 21.9. The number of fused-ring (bicyclic) bond motifs is 5. The number of allylic oxidation sites excluding steroid dienone is 2. The Kier molecular flexibility index (Phi) is 5.01. The summed E-state index contributed by atoms with van der Waals surface area (Å²) >= 11 is 0. The molecule has 6 rings (SSSR count). The summed E-state index contributed by atoms with van der Waals surface area (Å²) < 4.78 is 12.0. The Morgan fingerprint density at radius 2 is 1.62 bits per heavy atom. The zero-order valence-electron chi connectivity index (χ0n) is 22.6. The largest absolute Gasteiger partial charge is 0.393 e. The summed E-state index contributed by atoms with van der Waals surface area (Å²) in [7, 11) is 0. The van der Waals surface area contributed by atoms with Crippen LogP contribution in [0.3, 0.4) is 0 Å². The lowest BCUT2D eigenvalue weighted by Crippen LogP contribution is -2.58. The van der Waals surface area contributed by atoms with Crippen molar-refractivity contribution in [2.45, 2.75) is 130 Å². The highest BCUT2D eigenvalue weighted by Crippen LogP contribution is 2.73. The lowest BCUT2D eigenvalue weighted by atomic mass is 9.41. The van der Waals surface area contributed by atoms with E-state index in [0.29, 0.717) is 17.8 Å². The molecule has 0 bridgehead atoms. The second-order valence-corrected chi connectivity index (χ2v) is 14.9. The maximum atomic E-state index is 11.0. The van der Waals surface area contributed by atoms with Gasteiger partial charge in [-0.25, -0.2) is 0 Å². The van der Waals surface area contributed by atoms with Gasteiger partial charge >= 0.3 is 0 Å². The van der Waals surface area contributed by atoms with Gasteiger partial charge in [0.25, 0.3) is 0 Å². The Labute approximate surface area is 206 Å². The summed E-state index contributed by atoms with van der Waals surface area (Å²) in [6, 6.07) is 0. The fourth-order valence-electron chi connectivity index (χ4n) is 10.5. The van der Waals surface area contributed by atoms with E-state index in [9.17, 15) is 10.2 Å². The van der Waals surface area contributed by atoms with Crippen LogP contribution in [0.15, 0.2) is 11.6 Å². The van der Waals surface area contributed by atoms with E-state index in [2.05, 4.69) is 54.5 Å². The van der Waals surface area contributed by atoms with Crippen molar-refractivity contribution in [2.24, 2.45) is 45.3 Å². The Morgan fingerprint density at radius 3 is 2.29 bits per heavy atom. The van der Waals surface area contributed by atoms with Crippen molar-refractivity contribution >= 4 is 0 Å². The van der Waals surface area contributed by atoms with Gasteiger partial charge in [-0.3, -0.25) is 0 Å². The number of hydrogen-bond acceptors (Lipinski definition) is 4. The van der Waals surface area contributed by atoms with E-state index in [1.54, 1.807) is 5.57 Å². The molecule has 4 heteroatoms. The van der Waals surface area contributed by atoms with E-state index >= 15 is 0 Å². The standard InChI is InChI=1S/C30H48O4/c1-26(2)22-9-8-20-19(28(22,5)13-12-23(26)31)11-15-29(6)18(10-14-30(20,29)7)17-16-21(33-25(17)32)24-27(3,4)34-24/h8,17-19,21-25,31-32H,9-16H2,1-7H3/t17-,18-,19-,21+,22-,23-,24-,25?,28+,29-,30+/m0/s1. The molecule has 11 atom stereocenters. The summed E-state index contributed by atoms with van der Waals surface area (Å²) in [6.07, 6.45) is 11.0. The number of epoxide rings is 1. The van der Waals surface area contributed by atoms with Gasteiger partial charge in [-0.2, -0.15) is 0 Å². The summed E-state index contributed by atoms with van der Waals surface area (Å²) in [5.41, 5.74) is 2.28. The molecule has 0 aromatic carbocycles. The minimum atomic E-state index is -0.658. The SMILES string of the molecule is CC1(C)O[C@H]1[C@H]1C[C@@H]([C@@H]2CC[C@]3(C)C4=CC[C@H]5C(C)(C)[C@@H](O)CC[C@]5(C)[C@H]4CC[C@@]23C)C(O)O1. The van der Waals surface area contributed by atoms with Crippen LogP contribution in [-0.4, -0.2) is 40.4 Å². The topological polar surface area (TPSA) is 62.2 Å². The predicted octanol–water partition coefficient (Wildman–Crippen LogP) is 5.85. The number of hydrogen-bond donors (Lipinski definition) is 2. The molecule has 192 valence electrons. The predicted molar refractivity (Wildman–Crippen MR) is 133 cm³/mol. The molecular weight excluding hydrogens is 424 g/mol. The van der Waals surface area contributed by atoms with Gasteiger partial charge in [0.15, 0.2) is 6.29 Å². The third-order valence-electron chi connectivity index (χ3n) is 13.0. The van der Waals surface area contributed by atoms with Crippen molar-refractivity contribution in [1.82, 2.24) is 0 Å². The van der Waals surface area contributed by atoms with Gasteiger partial charge in [0.2, 0.25) is 0 Å². The van der Waals surface area contributed by atoms with Crippen molar-refractivity contribution in [3.8, 4) is 0 Å². The van der Waals surface area contributed by atoms with Crippen molar-refractivity contribution in [3.63, 3.8) is 0 Å².